The van der Waals surface area contributed by atoms with Crippen molar-refractivity contribution in [3.05, 3.63) is 205 Å². The first-order valence-corrected chi connectivity index (χ1v) is 22.6. The molecule has 312 valence electrons. The van der Waals surface area contributed by atoms with Crippen LogP contribution in [0, 0.1) is 6.92 Å². The number of fused-ring (bicyclic) bond motifs is 8. The zero-order valence-corrected chi connectivity index (χ0v) is 36.9. The van der Waals surface area contributed by atoms with E-state index < -0.39 is 0 Å². The molecular formula is C60H46N4O. The molecule has 3 aromatic heterocycles. The van der Waals surface area contributed by atoms with Crippen LogP contribution in [-0.4, -0.2) is 19.5 Å². The van der Waals surface area contributed by atoms with Crippen LogP contribution in [0.2, 0.25) is 0 Å². The Hall–Kier alpha value is -8.15. The molecule has 0 fully saturated rings. The third kappa shape index (κ3) is 6.93. The van der Waals surface area contributed by atoms with Crippen LogP contribution in [0.25, 0.3) is 117 Å². The lowest BCUT2D eigenvalue weighted by molar-refractivity contribution is 0.669. The summed E-state index contributed by atoms with van der Waals surface area (Å²) in [6.45, 7) is 8.42. The fourth-order valence-electron chi connectivity index (χ4n) is 9.43. The number of aromatic nitrogens is 4. The summed E-state index contributed by atoms with van der Waals surface area (Å²) >= 11 is 0. The summed E-state index contributed by atoms with van der Waals surface area (Å²) in [4.78, 5) is 15.4. The second kappa shape index (κ2) is 16.5. The van der Waals surface area contributed by atoms with Crippen molar-refractivity contribution in [3.8, 4) is 62.1 Å². The van der Waals surface area contributed by atoms with Gasteiger partial charge < -0.3 is 8.98 Å². The average molecular weight is 839 g/mol. The number of rotatable bonds is 7. The van der Waals surface area contributed by atoms with Crippen LogP contribution in [-0.2, 0) is 6.42 Å². The van der Waals surface area contributed by atoms with Crippen molar-refractivity contribution in [2.45, 2.75) is 34.1 Å². The second-order valence-corrected chi connectivity index (χ2v) is 16.3. The molecule has 0 aliphatic carbocycles. The monoisotopic (exact) mass is 838 g/mol. The number of nitrogens with zero attached hydrogens (tertiary/aromatic N) is 4. The summed E-state index contributed by atoms with van der Waals surface area (Å²) < 4.78 is 8.74. The van der Waals surface area contributed by atoms with Crippen molar-refractivity contribution in [2.24, 2.45) is 0 Å². The summed E-state index contributed by atoms with van der Waals surface area (Å²) in [6.07, 6.45) is 1.00. The lowest BCUT2D eigenvalue weighted by Gasteiger charge is -2.14. The van der Waals surface area contributed by atoms with Crippen LogP contribution in [0.4, 0.5) is 0 Å². The van der Waals surface area contributed by atoms with Gasteiger partial charge in [0.05, 0.1) is 11.0 Å². The summed E-state index contributed by atoms with van der Waals surface area (Å²) in [5, 5.41) is 7.01. The summed E-state index contributed by atoms with van der Waals surface area (Å²) in [5.41, 5.74) is 15.1. The van der Waals surface area contributed by atoms with Crippen molar-refractivity contribution in [1.29, 1.82) is 0 Å². The van der Waals surface area contributed by atoms with Gasteiger partial charge in [0.2, 0.25) is 0 Å². The molecule has 0 N–H and O–H groups in total. The molecular weight excluding hydrogens is 793 g/mol. The lowest BCUT2D eigenvalue weighted by atomic mass is 9.94. The summed E-state index contributed by atoms with van der Waals surface area (Å²) in [5.74, 6) is 1.78. The smallest absolute Gasteiger partial charge is 0.164 e. The van der Waals surface area contributed by atoms with Crippen molar-refractivity contribution >= 4 is 54.5 Å². The molecule has 65 heavy (non-hydrogen) atoms. The zero-order chi connectivity index (χ0) is 44.0. The fraction of sp³-hybridized carbons (Fsp3) is 0.0833. The van der Waals surface area contributed by atoms with Crippen LogP contribution in [0.5, 0.6) is 0 Å². The Morgan fingerprint density at radius 2 is 1.06 bits per heavy atom. The molecule has 0 radical (unpaired) electrons. The van der Waals surface area contributed by atoms with Gasteiger partial charge in [-0.1, -0.05) is 172 Å². The van der Waals surface area contributed by atoms with E-state index in [0.717, 1.165) is 72.9 Å². The van der Waals surface area contributed by atoms with Gasteiger partial charge >= 0.3 is 0 Å². The topological polar surface area (TPSA) is 56.7 Å². The highest BCUT2D eigenvalue weighted by molar-refractivity contribution is 6.23. The maximum atomic E-state index is 6.31. The van der Waals surface area contributed by atoms with E-state index >= 15 is 0 Å². The minimum absolute atomic E-state index is 0.580. The highest BCUT2D eigenvalue weighted by Crippen LogP contribution is 2.42. The number of para-hydroxylation sites is 2. The van der Waals surface area contributed by atoms with Crippen LogP contribution < -0.4 is 0 Å². The van der Waals surface area contributed by atoms with E-state index in [1.54, 1.807) is 0 Å². The Balaban J connectivity index is 0.00000231. The van der Waals surface area contributed by atoms with E-state index in [1.165, 1.54) is 43.8 Å². The molecule has 0 bridgehead atoms. The fourth-order valence-corrected chi connectivity index (χ4v) is 9.43. The SMILES string of the molecule is CC.CCc1cc(-c2cccc(-c3cccc4c5c6ccccc6ccc5n(-c5cccc(-c6nc(-c7ccccc7)nc(-c7ccc8c(c7)oc7ccccc78)n6)c5)c34)c2)ccc1C. The van der Waals surface area contributed by atoms with Gasteiger partial charge in [-0.05, 0) is 94.4 Å². The average Bonchev–Trinajstić information content (AvgIpc) is 3.93. The van der Waals surface area contributed by atoms with Gasteiger partial charge in [-0.3, -0.25) is 0 Å². The second-order valence-electron chi connectivity index (χ2n) is 16.3. The van der Waals surface area contributed by atoms with Crippen molar-refractivity contribution in [1.82, 2.24) is 19.5 Å². The Morgan fingerprint density at radius 1 is 0.446 bits per heavy atom. The molecule has 0 amide bonds. The van der Waals surface area contributed by atoms with E-state index in [-0.39, 0.29) is 0 Å². The van der Waals surface area contributed by atoms with Gasteiger partial charge in [0, 0.05) is 49.5 Å². The highest BCUT2D eigenvalue weighted by Gasteiger charge is 2.21. The predicted molar refractivity (Wildman–Crippen MR) is 272 cm³/mol. The maximum Gasteiger partial charge on any atom is 0.164 e. The third-order valence-corrected chi connectivity index (χ3v) is 12.6. The number of benzene rings is 9. The predicted octanol–water partition coefficient (Wildman–Crippen LogP) is 16.3. The Labute approximate surface area is 378 Å². The van der Waals surface area contributed by atoms with Crippen LogP contribution in [0.15, 0.2) is 199 Å². The third-order valence-electron chi connectivity index (χ3n) is 12.6. The quantitative estimate of drug-likeness (QED) is 0.160. The van der Waals surface area contributed by atoms with Crippen molar-refractivity contribution in [3.63, 3.8) is 0 Å². The molecule has 0 aliphatic heterocycles. The van der Waals surface area contributed by atoms with Gasteiger partial charge in [0.25, 0.3) is 0 Å². The van der Waals surface area contributed by atoms with Gasteiger partial charge in [-0.2, -0.15) is 0 Å². The molecule has 5 heteroatoms. The summed E-state index contributed by atoms with van der Waals surface area (Å²) in [7, 11) is 0. The highest BCUT2D eigenvalue weighted by atomic mass is 16.3. The Bertz CT molecular complexity index is 3750. The molecule has 3 heterocycles. The lowest BCUT2D eigenvalue weighted by Crippen LogP contribution is -2.01. The minimum Gasteiger partial charge on any atom is -0.456 e. The first-order chi connectivity index (χ1) is 32.1. The molecule has 0 spiro atoms. The van der Waals surface area contributed by atoms with E-state index in [4.69, 9.17) is 19.4 Å². The van der Waals surface area contributed by atoms with Gasteiger partial charge in [-0.25, -0.2) is 15.0 Å². The molecule has 0 atom stereocenters. The first kappa shape index (κ1) is 39.7. The van der Waals surface area contributed by atoms with Crippen LogP contribution in [0.1, 0.15) is 31.9 Å². The first-order valence-electron chi connectivity index (χ1n) is 22.6. The van der Waals surface area contributed by atoms with Gasteiger partial charge in [-0.15, -0.1) is 0 Å². The number of furan rings is 1. The Morgan fingerprint density at radius 3 is 1.89 bits per heavy atom. The van der Waals surface area contributed by atoms with E-state index in [9.17, 15) is 0 Å². The molecule has 9 aromatic carbocycles. The maximum absolute atomic E-state index is 6.31. The number of hydrogen-bond donors (Lipinski definition) is 0. The van der Waals surface area contributed by atoms with Gasteiger partial charge in [0.15, 0.2) is 17.5 Å². The minimum atomic E-state index is 0.580. The molecule has 5 nitrogen and oxygen atoms in total. The van der Waals surface area contributed by atoms with Crippen LogP contribution in [0.3, 0.4) is 0 Å². The van der Waals surface area contributed by atoms with Crippen molar-refractivity contribution in [2.75, 3.05) is 0 Å². The molecule has 0 saturated carbocycles. The number of aryl methyl sites for hydroxylation is 2. The van der Waals surface area contributed by atoms with Crippen molar-refractivity contribution < 1.29 is 4.42 Å². The molecule has 0 unspecified atom stereocenters. The van der Waals surface area contributed by atoms with E-state index in [1.807, 2.05) is 68.4 Å². The van der Waals surface area contributed by atoms with E-state index in [0.29, 0.717) is 17.5 Å². The Kier molecular flexibility index (Phi) is 10.1. The van der Waals surface area contributed by atoms with Crippen LogP contribution >= 0.6 is 0 Å². The summed E-state index contributed by atoms with van der Waals surface area (Å²) in [6, 6.07) is 68.9. The normalized spacial score (nSPS) is 11.4. The van der Waals surface area contributed by atoms with E-state index in [2.05, 4.69) is 158 Å². The molecule has 12 rings (SSSR count). The largest absolute Gasteiger partial charge is 0.456 e. The zero-order valence-electron chi connectivity index (χ0n) is 36.9. The van der Waals surface area contributed by atoms with Gasteiger partial charge in [0.1, 0.15) is 11.2 Å². The molecule has 0 saturated heterocycles. The standard InChI is InChI=1S/C58H40N4O.C2H6/c1-3-37-32-41(27-26-36(37)2)40-17-11-18-42(33-40)47-23-13-24-50-54-46-21-8-7-14-38(46)29-31-51(54)62(55(47)50)45-20-12-19-43(34-45)57-59-56(39-15-5-4-6-16-39)60-58(61-57)44-28-30-49-48-22-9-10-25-52(48)63-53(49)35-44;1-2/h4-35H,3H2,1-2H3;1-2H3. The molecule has 12 aromatic rings. The molecule has 0 aliphatic rings. The number of hydrogen-bond acceptors (Lipinski definition) is 4.